The third kappa shape index (κ3) is 17.7. The van der Waals surface area contributed by atoms with Gasteiger partial charge in [0.1, 0.15) is 0 Å². The van der Waals surface area contributed by atoms with Gasteiger partial charge in [-0.1, -0.05) is 12.8 Å². The van der Waals surface area contributed by atoms with Crippen molar-refractivity contribution in [3.8, 4) is 0 Å². The second-order valence-corrected chi connectivity index (χ2v) is 2.31. The lowest BCUT2D eigenvalue weighted by atomic mass is 10.2. The zero-order valence-electron chi connectivity index (χ0n) is 7.77. The van der Waals surface area contributed by atoms with E-state index in [2.05, 4.69) is 5.32 Å². The van der Waals surface area contributed by atoms with E-state index in [-0.39, 0.29) is 0 Å². The molecule has 0 rings (SSSR count). The maximum absolute atomic E-state index is 7.00. The van der Waals surface area contributed by atoms with Gasteiger partial charge in [0.2, 0.25) is 0 Å². The number of hydrogen-bond donors (Lipinski definition) is 3. The van der Waals surface area contributed by atoms with Crippen LogP contribution in [0.2, 0.25) is 0 Å². The van der Waals surface area contributed by atoms with Gasteiger partial charge >= 0.3 is 0 Å². The van der Waals surface area contributed by atoms with Gasteiger partial charge in [0.05, 0.1) is 0 Å². The summed E-state index contributed by atoms with van der Waals surface area (Å²) in [7, 11) is 2.99. The molecule has 70 valence electrons. The SMILES string of the molecule is CNCCCCCCN.CO. The van der Waals surface area contributed by atoms with Crippen molar-refractivity contribution in [2.75, 3.05) is 27.2 Å². The second-order valence-electron chi connectivity index (χ2n) is 2.31. The van der Waals surface area contributed by atoms with Crippen LogP contribution in [0, 0.1) is 0 Å². The molecule has 0 aromatic carbocycles. The monoisotopic (exact) mass is 162 g/mol. The van der Waals surface area contributed by atoms with Crippen molar-refractivity contribution in [2.45, 2.75) is 25.7 Å². The number of hydrogen-bond acceptors (Lipinski definition) is 3. The summed E-state index contributed by atoms with van der Waals surface area (Å²) in [6.45, 7) is 1.99. The molecule has 0 unspecified atom stereocenters. The van der Waals surface area contributed by atoms with Crippen molar-refractivity contribution in [3.05, 3.63) is 0 Å². The minimum absolute atomic E-state index is 0.847. The lowest BCUT2D eigenvalue weighted by Gasteiger charge is -1.97. The van der Waals surface area contributed by atoms with E-state index in [1.165, 1.54) is 25.7 Å². The molecular formula is C8H22N2O. The molecule has 3 nitrogen and oxygen atoms in total. The van der Waals surface area contributed by atoms with Crippen molar-refractivity contribution >= 4 is 0 Å². The van der Waals surface area contributed by atoms with E-state index >= 15 is 0 Å². The molecule has 11 heavy (non-hydrogen) atoms. The molecule has 0 saturated carbocycles. The highest BCUT2D eigenvalue weighted by atomic mass is 16.2. The van der Waals surface area contributed by atoms with E-state index < -0.39 is 0 Å². The summed E-state index contributed by atoms with van der Waals surface area (Å²) in [5, 5.41) is 10.1. The van der Waals surface area contributed by atoms with E-state index in [9.17, 15) is 0 Å². The van der Waals surface area contributed by atoms with E-state index in [1.807, 2.05) is 7.05 Å². The molecule has 0 aliphatic rings. The molecule has 0 saturated heterocycles. The molecular weight excluding hydrogens is 140 g/mol. The van der Waals surface area contributed by atoms with Crippen LogP contribution in [0.25, 0.3) is 0 Å². The van der Waals surface area contributed by atoms with Crippen LogP contribution < -0.4 is 11.1 Å². The Bertz CT molecular complexity index is 45.4. The smallest absolute Gasteiger partial charge is 0.0319 e. The van der Waals surface area contributed by atoms with Crippen LogP contribution in [0.5, 0.6) is 0 Å². The highest BCUT2D eigenvalue weighted by molar-refractivity contribution is 4.45. The van der Waals surface area contributed by atoms with Gasteiger partial charge in [0, 0.05) is 7.11 Å². The zero-order valence-corrected chi connectivity index (χ0v) is 7.77. The van der Waals surface area contributed by atoms with Crippen LogP contribution in [-0.4, -0.2) is 32.4 Å². The standard InChI is InChI=1S/C7H18N2.CH4O/c1-9-7-5-3-2-4-6-8;1-2/h9H,2-8H2,1H3;2H,1H3. The Labute approximate surface area is 70.0 Å². The molecule has 0 aromatic heterocycles. The Kier molecular flexibility index (Phi) is 20.2. The van der Waals surface area contributed by atoms with Crippen molar-refractivity contribution in [1.82, 2.24) is 5.32 Å². The zero-order chi connectivity index (χ0) is 8.95. The van der Waals surface area contributed by atoms with Gasteiger partial charge in [-0.2, -0.15) is 0 Å². The summed E-state index contributed by atoms with van der Waals surface area (Å²) in [6.07, 6.45) is 5.08. The normalized spacial score (nSPS) is 8.73. The van der Waals surface area contributed by atoms with Gasteiger partial charge in [-0.05, 0) is 33.0 Å². The molecule has 0 heterocycles. The first kappa shape index (κ1) is 13.5. The topological polar surface area (TPSA) is 58.3 Å². The molecule has 0 radical (unpaired) electrons. The van der Waals surface area contributed by atoms with Gasteiger partial charge in [0.15, 0.2) is 0 Å². The van der Waals surface area contributed by atoms with Crippen molar-refractivity contribution in [1.29, 1.82) is 0 Å². The Morgan fingerprint density at radius 3 is 2.09 bits per heavy atom. The Morgan fingerprint density at radius 2 is 1.64 bits per heavy atom. The van der Waals surface area contributed by atoms with Crippen molar-refractivity contribution in [2.24, 2.45) is 5.73 Å². The fourth-order valence-electron chi connectivity index (χ4n) is 0.800. The average Bonchev–Trinajstić information content (AvgIpc) is 2.08. The fraction of sp³-hybridized carbons (Fsp3) is 1.00. The van der Waals surface area contributed by atoms with E-state index in [0.717, 1.165) is 20.2 Å². The van der Waals surface area contributed by atoms with Crippen LogP contribution in [-0.2, 0) is 0 Å². The minimum atomic E-state index is 0.847. The number of aliphatic hydroxyl groups excluding tert-OH is 1. The van der Waals surface area contributed by atoms with Gasteiger partial charge < -0.3 is 16.2 Å². The Hall–Kier alpha value is -0.120. The quantitative estimate of drug-likeness (QED) is 0.493. The van der Waals surface area contributed by atoms with Crippen LogP contribution >= 0.6 is 0 Å². The summed E-state index contributed by atoms with van der Waals surface area (Å²) in [6, 6.07) is 0. The number of nitrogens with one attached hydrogen (secondary N) is 1. The number of aliphatic hydroxyl groups is 1. The number of rotatable bonds is 6. The highest BCUT2D eigenvalue weighted by Gasteiger charge is 1.85. The van der Waals surface area contributed by atoms with Gasteiger partial charge in [0.25, 0.3) is 0 Å². The van der Waals surface area contributed by atoms with Crippen molar-refractivity contribution < 1.29 is 5.11 Å². The van der Waals surface area contributed by atoms with Gasteiger partial charge in [-0.25, -0.2) is 0 Å². The molecule has 0 aliphatic heterocycles. The van der Waals surface area contributed by atoms with Gasteiger partial charge in [-0.15, -0.1) is 0 Å². The molecule has 0 spiro atoms. The third-order valence-corrected chi connectivity index (χ3v) is 1.38. The number of nitrogens with two attached hydrogens (primary N) is 1. The average molecular weight is 162 g/mol. The summed E-state index contributed by atoms with van der Waals surface area (Å²) in [4.78, 5) is 0. The van der Waals surface area contributed by atoms with Crippen LogP contribution in [0.3, 0.4) is 0 Å². The lowest BCUT2D eigenvalue weighted by molar-refractivity contribution is 0.399. The Balaban J connectivity index is 0. The predicted molar refractivity (Wildman–Crippen MR) is 49.6 cm³/mol. The third-order valence-electron chi connectivity index (χ3n) is 1.38. The Morgan fingerprint density at radius 1 is 1.09 bits per heavy atom. The maximum atomic E-state index is 7.00. The predicted octanol–water partition coefficient (Wildman–Crippen LogP) is 0.333. The summed E-state index contributed by atoms with van der Waals surface area (Å²) >= 11 is 0. The second kappa shape index (κ2) is 16.5. The first-order valence-corrected chi connectivity index (χ1v) is 4.21. The molecule has 0 fully saturated rings. The fourth-order valence-corrected chi connectivity index (χ4v) is 0.800. The van der Waals surface area contributed by atoms with E-state index in [0.29, 0.717) is 0 Å². The molecule has 0 aliphatic carbocycles. The molecule has 0 atom stereocenters. The maximum Gasteiger partial charge on any atom is 0.0319 e. The summed E-state index contributed by atoms with van der Waals surface area (Å²) in [5.74, 6) is 0. The number of unbranched alkanes of at least 4 members (excludes halogenated alkanes) is 3. The summed E-state index contributed by atoms with van der Waals surface area (Å²) < 4.78 is 0. The molecule has 4 N–H and O–H groups in total. The van der Waals surface area contributed by atoms with Gasteiger partial charge in [-0.3, -0.25) is 0 Å². The lowest BCUT2D eigenvalue weighted by Crippen LogP contribution is -2.07. The first-order chi connectivity index (χ1) is 5.41. The largest absolute Gasteiger partial charge is 0.400 e. The molecule has 0 bridgehead atoms. The van der Waals surface area contributed by atoms with E-state index in [4.69, 9.17) is 10.8 Å². The molecule has 3 heteroatoms. The molecule has 0 aromatic rings. The van der Waals surface area contributed by atoms with E-state index in [1.54, 1.807) is 0 Å². The van der Waals surface area contributed by atoms with Crippen molar-refractivity contribution in [3.63, 3.8) is 0 Å². The first-order valence-electron chi connectivity index (χ1n) is 4.21. The van der Waals surface area contributed by atoms with Crippen LogP contribution in [0.1, 0.15) is 25.7 Å². The van der Waals surface area contributed by atoms with Crippen LogP contribution in [0.15, 0.2) is 0 Å². The highest BCUT2D eigenvalue weighted by Crippen LogP contribution is 1.96. The van der Waals surface area contributed by atoms with Crippen LogP contribution in [0.4, 0.5) is 0 Å². The summed E-state index contributed by atoms with van der Waals surface area (Å²) in [5.41, 5.74) is 5.33. The molecule has 0 amide bonds. The minimum Gasteiger partial charge on any atom is -0.400 e.